The molecule has 0 saturated heterocycles. The number of rotatable bonds is 4. The summed E-state index contributed by atoms with van der Waals surface area (Å²) in [4.78, 5) is 0. The fourth-order valence-electron chi connectivity index (χ4n) is 7.59. The Balaban J connectivity index is 1.57. The highest BCUT2D eigenvalue weighted by atomic mass is 16.3. The maximum absolute atomic E-state index is 10.2. The lowest BCUT2D eigenvalue weighted by Crippen LogP contribution is -2.46. The molecule has 3 fully saturated rings. The minimum Gasteiger partial charge on any atom is -0.393 e. The molecule has 162 valence electrons. The van der Waals surface area contributed by atoms with Gasteiger partial charge in [0.25, 0.3) is 0 Å². The highest BCUT2D eigenvalue weighted by Gasteiger charge is 2.56. The van der Waals surface area contributed by atoms with E-state index in [0.717, 1.165) is 36.5 Å². The van der Waals surface area contributed by atoms with Gasteiger partial charge in [0.2, 0.25) is 0 Å². The van der Waals surface area contributed by atoms with Crippen LogP contribution in [-0.2, 0) is 0 Å². The van der Waals surface area contributed by atoms with E-state index < -0.39 is 0 Å². The van der Waals surface area contributed by atoms with Crippen LogP contribution in [0.2, 0.25) is 0 Å². The largest absolute Gasteiger partial charge is 0.393 e. The minimum atomic E-state index is -0.116. The Hall–Kier alpha value is -0.820. The van der Waals surface area contributed by atoms with Crippen LogP contribution in [-0.4, -0.2) is 11.2 Å². The molecule has 0 aliphatic heterocycles. The number of aliphatic hydroxyl groups is 1. The first-order valence-electron chi connectivity index (χ1n) is 12.4. The van der Waals surface area contributed by atoms with Gasteiger partial charge in [-0.2, -0.15) is 0 Å². The number of hydrogen-bond donors (Lipinski definition) is 1. The molecule has 1 heteroatoms. The van der Waals surface area contributed by atoms with E-state index in [0.29, 0.717) is 22.7 Å². The van der Waals surface area contributed by atoms with Crippen molar-refractivity contribution in [3.63, 3.8) is 0 Å². The molecule has 5 unspecified atom stereocenters. The zero-order valence-corrected chi connectivity index (χ0v) is 19.7. The van der Waals surface area contributed by atoms with Crippen molar-refractivity contribution in [3.8, 4) is 0 Å². The quantitative estimate of drug-likeness (QED) is 0.493. The van der Waals surface area contributed by atoms with Crippen molar-refractivity contribution in [2.24, 2.45) is 46.3 Å². The molecule has 0 aromatic heterocycles. The second kappa shape index (κ2) is 7.70. The lowest BCUT2D eigenvalue weighted by atomic mass is 9.50. The SMILES string of the molecule is CC(C)C(C)/C=C/C(C)C1CCC2C3=CC=C4C[C@@H](O)CC[C@]4(C)C3CC[C@@]21C. The summed E-state index contributed by atoms with van der Waals surface area (Å²) in [6.45, 7) is 14.6. The molecule has 0 bridgehead atoms. The number of aliphatic hydroxyl groups excluding tert-OH is 1. The third kappa shape index (κ3) is 3.50. The third-order valence-corrected chi connectivity index (χ3v) is 10.0. The van der Waals surface area contributed by atoms with Crippen LogP contribution >= 0.6 is 0 Å². The lowest BCUT2D eigenvalue weighted by Gasteiger charge is -2.55. The molecule has 0 aromatic rings. The van der Waals surface area contributed by atoms with Crippen molar-refractivity contribution in [3.05, 3.63) is 35.5 Å². The highest BCUT2D eigenvalue weighted by Crippen LogP contribution is 2.65. The van der Waals surface area contributed by atoms with Crippen LogP contribution in [0.25, 0.3) is 0 Å². The van der Waals surface area contributed by atoms with Gasteiger partial charge in [-0.1, -0.05) is 77.0 Å². The molecule has 0 aromatic carbocycles. The summed E-state index contributed by atoms with van der Waals surface area (Å²) >= 11 is 0. The Kier molecular flexibility index (Phi) is 5.69. The normalized spacial score (nSPS) is 44.0. The molecule has 8 atom stereocenters. The number of allylic oxidation sites excluding steroid dienone is 5. The van der Waals surface area contributed by atoms with Crippen LogP contribution in [0.4, 0.5) is 0 Å². The summed E-state index contributed by atoms with van der Waals surface area (Å²) in [5, 5.41) is 10.2. The first-order valence-corrected chi connectivity index (χ1v) is 12.4. The van der Waals surface area contributed by atoms with Gasteiger partial charge in [0.1, 0.15) is 0 Å². The van der Waals surface area contributed by atoms with E-state index >= 15 is 0 Å². The molecule has 4 aliphatic carbocycles. The van der Waals surface area contributed by atoms with Gasteiger partial charge in [-0.25, -0.2) is 0 Å². The monoisotopic (exact) mass is 396 g/mol. The van der Waals surface area contributed by atoms with Gasteiger partial charge < -0.3 is 5.11 Å². The molecular formula is C28H44O. The number of fused-ring (bicyclic) bond motifs is 5. The zero-order chi connectivity index (χ0) is 21.0. The van der Waals surface area contributed by atoms with Crippen molar-refractivity contribution in [1.82, 2.24) is 0 Å². The molecule has 0 amide bonds. The molecule has 4 rings (SSSR count). The predicted molar refractivity (Wildman–Crippen MR) is 123 cm³/mol. The molecule has 1 nitrogen and oxygen atoms in total. The van der Waals surface area contributed by atoms with E-state index in [2.05, 4.69) is 65.8 Å². The summed E-state index contributed by atoms with van der Waals surface area (Å²) in [7, 11) is 0. The lowest BCUT2D eigenvalue weighted by molar-refractivity contribution is 0.0382. The molecular weight excluding hydrogens is 352 g/mol. The minimum absolute atomic E-state index is 0.116. The molecule has 3 saturated carbocycles. The van der Waals surface area contributed by atoms with Crippen molar-refractivity contribution in [1.29, 1.82) is 0 Å². The average Bonchev–Trinajstić information content (AvgIpc) is 3.03. The van der Waals surface area contributed by atoms with E-state index in [1.807, 2.05) is 0 Å². The number of hydrogen-bond acceptors (Lipinski definition) is 1. The van der Waals surface area contributed by atoms with Crippen molar-refractivity contribution in [2.45, 2.75) is 92.6 Å². The first-order chi connectivity index (χ1) is 13.7. The van der Waals surface area contributed by atoms with E-state index in [1.54, 1.807) is 5.57 Å². The van der Waals surface area contributed by atoms with Crippen LogP contribution in [0.1, 0.15) is 86.5 Å². The fraction of sp³-hybridized carbons (Fsp3) is 0.786. The maximum atomic E-state index is 10.2. The summed E-state index contributed by atoms with van der Waals surface area (Å²) in [6, 6.07) is 0. The van der Waals surface area contributed by atoms with Crippen molar-refractivity contribution < 1.29 is 5.11 Å². The second-order valence-corrected chi connectivity index (χ2v) is 11.9. The Labute approximate surface area is 179 Å². The summed E-state index contributed by atoms with van der Waals surface area (Å²) < 4.78 is 0. The fourth-order valence-corrected chi connectivity index (χ4v) is 7.59. The Bertz CT molecular complexity index is 712. The highest BCUT2D eigenvalue weighted by molar-refractivity contribution is 5.39. The standard InChI is InChI=1S/C28H44O/c1-18(2)19(3)7-8-20(4)24-11-12-25-23-10-9-21-17-22(29)13-15-27(21,5)26(23)14-16-28(24,25)6/h7-10,18-20,22,24-26,29H,11-17H2,1-6H3/b8-7+/t19?,20?,22-,24?,25?,26?,27-,28+/m0/s1. The molecule has 0 radical (unpaired) electrons. The van der Waals surface area contributed by atoms with Gasteiger partial charge >= 0.3 is 0 Å². The molecule has 0 heterocycles. The van der Waals surface area contributed by atoms with Gasteiger partial charge in [0, 0.05) is 0 Å². The molecule has 1 N–H and O–H groups in total. The van der Waals surface area contributed by atoms with Crippen LogP contribution in [0, 0.1) is 46.3 Å². The Morgan fingerprint density at radius 1 is 0.931 bits per heavy atom. The van der Waals surface area contributed by atoms with E-state index in [9.17, 15) is 5.11 Å². The van der Waals surface area contributed by atoms with Crippen LogP contribution in [0.5, 0.6) is 0 Å². The van der Waals surface area contributed by atoms with Gasteiger partial charge in [-0.05, 0) is 91.3 Å². The van der Waals surface area contributed by atoms with Gasteiger partial charge in [-0.3, -0.25) is 0 Å². The Morgan fingerprint density at radius 2 is 1.69 bits per heavy atom. The van der Waals surface area contributed by atoms with Gasteiger partial charge in [0.05, 0.1) is 6.10 Å². The zero-order valence-electron chi connectivity index (χ0n) is 19.7. The van der Waals surface area contributed by atoms with E-state index in [1.165, 1.54) is 37.7 Å². The van der Waals surface area contributed by atoms with Crippen molar-refractivity contribution in [2.75, 3.05) is 0 Å². The molecule has 29 heavy (non-hydrogen) atoms. The smallest absolute Gasteiger partial charge is 0.0578 e. The molecule has 0 spiro atoms. The maximum Gasteiger partial charge on any atom is 0.0578 e. The van der Waals surface area contributed by atoms with Crippen molar-refractivity contribution >= 4 is 0 Å². The third-order valence-electron chi connectivity index (χ3n) is 10.0. The Morgan fingerprint density at radius 3 is 2.41 bits per heavy atom. The van der Waals surface area contributed by atoms with Crippen LogP contribution in [0.3, 0.4) is 0 Å². The topological polar surface area (TPSA) is 20.2 Å². The van der Waals surface area contributed by atoms with Gasteiger partial charge in [-0.15, -0.1) is 0 Å². The summed E-state index contributed by atoms with van der Waals surface area (Å²) in [6.07, 6.45) is 18.4. The van der Waals surface area contributed by atoms with Gasteiger partial charge in [0.15, 0.2) is 0 Å². The van der Waals surface area contributed by atoms with E-state index in [4.69, 9.17) is 0 Å². The van der Waals surface area contributed by atoms with Crippen LogP contribution < -0.4 is 0 Å². The summed E-state index contributed by atoms with van der Waals surface area (Å²) in [5.74, 6) is 4.38. The predicted octanol–water partition coefficient (Wildman–Crippen LogP) is 7.33. The molecule has 4 aliphatic rings. The van der Waals surface area contributed by atoms with Crippen LogP contribution in [0.15, 0.2) is 35.5 Å². The second-order valence-electron chi connectivity index (χ2n) is 11.9. The average molecular weight is 397 g/mol. The summed E-state index contributed by atoms with van der Waals surface area (Å²) in [5.41, 5.74) is 4.07. The van der Waals surface area contributed by atoms with E-state index in [-0.39, 0.29) is 6.10 Å². The first kappa shape index (κ1) is 21.4.